The Hall–Kier alpha value is -3.68. The number of rotatable bonds is 7. The van der Waals surface area contributed by atoms with Gasteiger partial charge in [-0.05, 0) is 105 Å². The Morgan fingerprint density at radius 2 is 1.85 bits per heavy atom. The predicted molar refractivity (Wildman–Crippen MR) is 166 cm³/mol. The number of anilines is 1. The molecule has 1 saturated heterocycles. The van der Waals surface area contributed by atoms with E-state index in [4.69, 9.17) is 23.8 Å². The zero-order valence-electron chi connectivity index (χ0n) is 23.5. The monoisotopic (exact) mass is 571 g/mol. The van der Waals surface area contributed by atoms with E-state index in [1.54, 1.807) is 6.20 Å². The maximum atomic E-state index is 13.1. The zero-order chi connectivity index (χ0) is 28.6. The standard InChI is InChI=1S/C32H34ClN5OS/c1-19-12-13-20(2)27(17-19)35-29(39)14-16-37-31(30(36-32(37)40)26-10-6-7-15-34-26)24-18-21(3)38(23(24)5)28-11-8-9-25(33)22(28)4/h6-13,15,17-18,30-31H,14,16H2,1-5H3,(H,35,39)(H,36,40)/t30-,31-/m1/s1. The summed E-state index contributed by atoms with van der Waals surface area (Å²) in [6, 6.07) is 19.9. The number of nitrogens with zero attached hydrogens (tertiary/aromatic N) is 3. The molecule has 0 radical (unpaired) electrons. The van der Waals surface area contributed by atoms with Crippen molar-refractivity contribution < 1.29 is 4.79 Å². The molecule has 1 aliphatic heterocycles. The molecule has 2 aromatic carbocycles. The van der Waals surface area contributed by atoms with Gasteiger partial charge < -0.3 is 20.1 Å². The fourth-order valence-corrected chi connectivity index (χ4v) is 6.09. The molecule has 4 aromatic rings. The second kappa shape index (κ2) is 11.4. The average Bonchev–Trinajstić information content (AvgIpc) is 3.41. The van der Waals surface area contributed by atoms with Crippen LogP contribution in [0.2, 0.25) is 5.02 Å². The number of carbonyl (C=O) groups excluding carboxylic acids is 1. The van der Waals surface area contributed by atoms with E-state index in [0.29, 0.717) is 18.1 Å². The van der Waals surface area contributed by atoms with Crippen LogP contribution in [0.3, 0.4) is 0 Å². The number of carbonyl (C=O) groups is 1. The van der Waals surface area contributed by atoms with Gasteiger partial charge in [-0.25, -0.2) is 0 Å². The number of thiocarbonyl (C=S) groups is 1. The van der Waals surface area contributed by atoms with E-state index in [1.165, 1.54) is 0 Å². The van der Waals surface area contributed by atoms with E-state index >= 15 is 0 Å². The number of hydrogen-bond acceptors (Lipinski definition) is 3. The molecule has 206 valence electrons. The van der Waals surface area contributed by atoms with Gasteiger partial charge in [-0.3, -0.25) is 9.78 Å². The Balaban J connectivity index is 1.49. The van der Waals surface area contributed by atoms with Crippen molar-refractivity contribution >= 4 is 40.5 Å². The summed E-state index contributed by atoms with van der Waals surface area (Å²) >= 11 is 12.4. The molecular formula is C32H34ClN5OS. The molecule has 40 heavy (non-hydrogen) atoms. The second-order valence-electron chi connectivity index (χ2n) is 10.5. The summed E-state index contributed by atoms with van der Waals surface area (Å²) < 4.78 is 2.25. The Morgan fingerprint density at radius 1 is 1.05 bits per heavy atom. The highest BCUT2D eigenvalue weighted by Gasteiger charge is 2.41. The fraction of sp³-hybridized carbons (Fsp3) is 0.281. The van der Waals surface area contributed by atoms with E-state index in [1.807, 2.05) is 69.3 Å². The minimum Gasteiger partial charge on any atom is -0.352 e. The van der Waals surface area contributed by atoms with Crippen LogP contribution in [-0.2, 0) is 4.79 Å². The van der Waals surface area contributed by atoms with E-state index < -0.39 is 0 Å². The SMILES string of the molecule is Cc1ccc(C)c(NC(=O)CCN2C(=S)N[C@H](c3ccccn3)[C@H]2c2cc(C)n(-c3cccc(Cl)c3C)c2C)c1. The molecule has 1 aliphatic rings. The number of amides is 1. The van der Waals surface area contributed by atoms with Crippen LogP contribution in [0, 0.1) is 34.6 Å². The molecule has 3 heterocycles. The first-order valence-electron chi connectivity index (χ1n) is 13.4. The van der Waals surface area contributed by atoms with Crippen molar-refractivity contribution in [2.75, 3.05) is 11.9 Å². The number of benzene rings is 2. The highest BCUT2D eigenvalue weighted by Crippen LogP contribution is 2.42. The molecule has 2 aromatic heterocycles. The van der Waals surface area contributed by atoms with Gasteiger partial charge in [0.2, 0.25) is 5.91 Å². The van der Waals surface area contributed by atoms with Crippen LogP contribution >= 0.6 is 23.8 Å². The zero-order valence-corrected chi connectivity index (χ0v) is 25.0. The largest absolute Gasteiger partial charge is 0.352 e. The van der Waals surface area contributed by atoms with Crippen LogP contribution in [0.5, 0.6) is 0 Å². The molecular weight excluding hydrogens is 538 g/mol. The summed E-state index contributed by atoms with van der Waals surface area (Å²) in [4.78, 5) is 19.9. The lowest BCUT2D eigenvalue weighted by molar-refractivity contribution is -0.116. The molecule has 1 amide bonds. The minimum absolute atomic E-state index is 0.0449. The van der Waals surface area contributed by atoms with Gasteiger partial charge in [-0.2, -0.15) is 0 Å². The first kappa shape index (κ1) is 27.9. The molecule has 2 atom stereocenters. The molecule has 8 heteroatoms. The number of aryl methyl sites for hydroxylation is 3. The molecule has 0 aliphatic carbocycles. The van der Waals surface area contributed by atoms with Crippen LogP contribution in [0.1, 0.15) is 57.8 Å². The third kappa shape index (κ3) is 5.36. The molecule has 0 spiro atoms. The maximum Gasteiger partial charge on any atom is 0.226 e. The summed E-state index contributed by atoms with van der Waals surface area (Å²) in [5, 5.41) is 7.94. The summed E-state index contributed by atoms with van der Waals surface area (Å²) in [5.74, 6) is -0.0449. The minimum atomic E-state index is -0.162. The quantitative estimate of drug-likeness (QED) is 0.232. The van der Waals surface area contributed by atoms with Crippen LogP contribution < -0.4 is 10.6 Å². The lowest BCUT2D eigenvalue weighted by atomic mass is 9.96. The molecule has 0 bridgehead atoms. The Labute approximate surface area is 246 Å². The van der Waals surface area contributed by atoms with Crippen molar-refractivity contribution in [1.29, 1.82) is 0 Å². The van der Waals surface area contributed by atoms with Gasteiger partial charge in [-0.1, -0.05) is 35.9 Å². The van der Waals surface area contributed by atoms with Crippen molar-refractivity contribution in [1.82, 2.24) is 19.8 Å². The highest BCUT2D eigenvalue weighted by atomic mass is 35.5. The first-order chi connectivity index (χ1) is 19.2. The van der Waals surface area contributed by atoms with Gasteiger partial charge >= 0.3 is 0 Å². The summed E-state index contributed by atoms with van der Waals surface area (Å²) in [6.07, 6.45) is 2.10. The molecule has 0 saturated carbocycles. The van der Waals surface area contributed by atoms with Gasteiger partial charge in [-0.15, -0.1) is 0 Å². The van der Waals surface area contributed by atoms with Crippen molar-refractivity contribution in [3.05, 3.63) is 111 Å². The van der Waals surface area contributed by atoms with Crippen molar-refractivity contribution in [2.45, 2.75) is 53.1 Å². The van der Waals surface area contributed by atoms with Crippen LogP contribution in [-0.4, -0.2) is 32.0 Å². The molecule has 5 rings (SSSR count). The summed E-state index contributed by atoms with van der Waals surface area (Å²) in [7, 11) is 0. The van der Waals surface area contributed by atoms with Gasteiger partial charge in [0.1, 0.15) is 0 Å². The Morgan fingerprint density at radius 3 is 2.60 bits per heavy atom. The number of aromatic nitrogens is 2. The molecule has 6 nitrogen and oxygen atoms in total. The molecule has 2 N–H and O–H groups in total. The Kier molecular flexibility index (Phi) is 7.97. The van der Waals surface area contributed by atoms with Crippen molar-refractivity contribution in [3.8, 4) is 5.69 Å². The highest BCUT2D eigenvalue weighted by molar-refractivity contribution is 7.80. The molecule has 1 fully saturated rings. The smallest absolute Gasteiger partial charge is 0.226 e. The number of halogens is 1. The van der Waals surface area contributed by atoms with E-state index in [9.17, 15) is 4.79 Å². The second-order valence-corrected chi connectivity index (χ2v) is 11.3. The van der Waals surface area contributed by atoms with Crippen LogP contribution in [0.15, 0.2) is 66.9 Å². The average molecular weight is 572 g/mol. The van der Waals surface area contributed by atoms with Gasteiger partial charge in [0.15, 0.2) is 5.11 Å². The van der Waals surface area contributed by atoms with Crippen molar-refractivity contribution in [3.63, 3.8) is 0 Å². The van der Waals surface area contributed by atoms with Crippen molar-refractivity contribution in [2.24, 2.45) is 0 Å². The number of nitrogens with one attached hydrogen (secondary N) is 2. The predicted octanol–water partition coefficient (Wildman–Crippen LogP) is 7.07. The number of pyridine rings is 1. The molecule has 0 unspecified atom stereocenters. The lowest BCUT2D eigenvalue weighted by Crippen LogP contribution is -2.33. The van der Waals surface area contributed by atoms with Crippen LogP contribution in [0.25, 0.3) is 5.69 Å². The van der Waals surface area contributed by atoms with Gasteiger partial charge in [0.05, 0.1) is 17.8 Å². The fourth-order valence-electron chi connectivity index (χ4n) is 5.59. The van der Waals surface area contributed by atoms with E-state index in [0.717, 1.165) is 55.7 Å². The summed E-state index contributed by atoms with van der Waals surface area (Å²) in [6.45, 7) is 10.8. The first-order valence-corrected chi connectivity index (χ1v) is 14.2. The summed E-state index contributed by atoms with van der Waals surface area (Å²) in [5.41, 5.74) is 9.30. The van der Waals surface area contributed by atoms with Gasteiger partial charge in [0, 0.05) is 46.9 Å². The normalized spacial score (nSPS) is 16.8. The Bertz CT molecular complexity index is 1580. The van der Waals surface area contributed by atoms with Gasteiger partial charge in [0.25, 0.3) is 0 Å². The lowest BCUT2D eigenvalue weighted by Gasteiger charge is -2.28. The van der Waals surface area contributed by atoms with E-state index in [2.05, 4.69) is 51.1 Å². The third-order valence-corrected chi connectivity index (χ3v) is 8.48. The van der Waals surface area contributed by atoms with Crippen LogP contribution in [0.4, 0.5) is 5.69 Å². The topological polar surface area (TPSA) is 62.2 Å². The van der Waals surface area contributed by atoms with E-state index in [-0.39, 0.29) is 18.0 Å². The third-order valence-electron chi connectivity index (χ3n) is 7.71. The number of hydrogen-bond donors (Lipinski definition) is 2. The maximum absolute atomic E-state index is 13.1.